The largest absolute Gasteiger partial charge is 0.313 e. The Bertz CT molecular complexity index is 597. The molecule has 0 spiro atoms. The predicted molar refractivity (Wildman–Crippen MR) is 86.4 cm³/mol. The summed E-state index contributed by atoms with van der Waals surface area (Å²) in [4.78, 5) is 9.85. The molecule has 0 aromatic heterocycles. The second kappa shape index (κ2) is 8.64. The zero-order valence-corrected chi connectivity index (χ0v) is 14.7. The molecule has 0 radical (unpaired) electrons. The molecular weight excluding hydrogens is 386 g/mol. The zero-order valence-electron chi connectivity index (χ0n) is 11.5. The minimum atomic E-state index is -3.93. The molecule has 0 unspecified atom stereocenters. The minimum absolute atomic E-state index is 0. The normalized spacial score (nSPS) is 12.5. The van der Waals surface area contributed by atoms with Crippen LogP contribution >= 0.6 is 28.3 Å². The van der Waals surface area contributed by atoms with E-state index in [1.165, 1.54) is 12.1 Å². The Hall–Kier alpha value is -0.740. The van der Waals surface area contributed by atoms with Crippen LogP contribution in [-0.2, 0) is 10.0 Å². The van der Waals surface area contributed by atoms with Crippen LogP contribution in [0.5, 0.6) is 0 Å². The highest BCUT2D eigenvalue weighted by molar-refractivity contribution is 9.10. The van der Waals surface area contributed by atoms with Crippen molar-refractivity contribution in [1.29, 1.82) is 0 Å². The maximum atomic E-state index is 12.2. The van der Waals surface area contributed by atoms with E-state index in [0.717, 1.165) is 6.07 Å². The van der Waals surface area contributed by atoms with Gasteiger partial charge in [0.2, 0.25) is 10.0 Å². The molecule has 2 N–H and O–H groups in total. The summed E-state index contributed by atoms with van der Waals surface area (Å²) in [5.74, 6) is 0. The molecule has 0 saturated carbocycles. The number of nitro groups is 1. The van der Waals surface area contributed by atoms with Crippen LogP contribution in [0.1, 0.15) is 13.8 Å². The monoisotopic (exact) mass is 401 g/mol. The number of nitro benzene ring substituents is 1. The molecule has 0 aliphatic heterocycles. The van der Waals surface area contributed by atoms with E-state index < -0.39 is 20.6 Å². The third-order valence-corrected chi connectivity index (χ3v) is 4.49. The number of hydrogen-bond donors (Lipinski definition) is 2. The van der Waals surface area contributed by atoms with Crippen LogP contribution in [0.25, 0.3) is 0 Å². The van der Waals surface area contributed by atoms with E-state index in [0.29, 0.717) is 11.0 Å². The van der Waals surface area contributed by atoms with Gasteiger partial charge in [0.1, 0.15) is 0 Å². The Kier molecular flexibility index (Phi) is 8.34. The first-order chi connectivity index (χ1) is 9.27. The Labute approximate surface area is 138 Å². The first-order valence-electron chi connectivity index (χ1n) is 5.95. The van der Waals surface area contributed by atoms with Gasteiger partial charge in [-0.3, -0.25) is 10.1 Å². The minimum Gasteiger partial charge on any atom is -0.313 e. The van der Waals surface area contributed by atoms with Crippen molar-refractivity contribution < 1.29 is 13.3 Å². The maximum Gasteiger partial charge on any atom is 0.289 e. The molecule has 1 aromatic carbocycles. The second-order valence-corrected chi connectivity index (χ2v) is 6.83. The van der Waals surface area contributed by atoms with E-state index >= 15 is 0 Å². The van der Waals surface area contributed by atoms with Crippen LogP contribution in [0, 0.1) is 10.1 Å². The van der Waals surface area contributed by atoms with Gasteiger partial charge in [-0.1, -0.05) is 22.9 Å². The van der Waals surface area contributed by atoms with Crippen molar-refractivity contribution in [2.75, 3.05) is 13.1 Å². The van der Waals surface area contributed by atoms with Crippen molar-refractivity contribution in [3.63, 3.8) is 0 Å². The summed E-state index contributed by atoms with van der Waals surface area (Å²) >= 11 is 3.12. The van der Waals surface area contributed by atoms with Gasteiger partial charge in [-0.25, -0.2) is 13.1 Å². The fourth-order valence-electron chi connectivity index (χ4n) is 1.59. The lowest BCUT2D eigenvalue weighted by Crippen LogP contribution is -2.38. The number of nitrogens with zero attached hydrogens (tertiary/aromatic N) is 1. The molecule has 1 rings (SSSR count). The Balaban J connectivity index is 0.00000400. The summed E-state index contributed by atoms with van der Waals surface area (Å²) in [5, 5.41) is 14.0. The van der Waals surface area contributed by atoms with E-state index in [2.05, 4.69) is 26.0 Å². The van der Waals surface area contributed by atoms with Crippen LogP contribution in [-0.4, -0.2) is 32.5 Å². The van der Waals surface area contributed by atoms with E-state index in [1.807, 2.05) is 13.8 Å². The molecular formula is C11H17BrClN3O4S. The average molecular weight is 403 g/mol. The van der Waals surface area contributed by atoms with E-state index in [9.17, 15) is 18.5 Å². The summed E-state index contributed by atoms with van der Waals surface area (Å²) in [6, 6.07) is 3.74. The fourth-order valence-corrected chi connectivity index (χ4v) is 3.42. The first kappa shape index (κ1) is 20.3. The van der Waals surface area contributed by atoms with Gasteiger partial charge in [-0.2, -0.15) is 0 Å². The maximum absolute atomic E-state index is 12.2. The van der Waals surface area contributed by atoms with Crippen LogP contribution in [0.15, 0.2) is 27.6 Å². The number of benzene rings is 1. The SMILES string of the molecule is CCN[C@H](C)CNS(=O)(=O)c1cc(Br)ccc1[N+](=O)[O-].Cl. The van der Waals surface area contributed by atoms with Crippen LogP contribution in [0.4, 0.5) is 5.69 Å². The smallest absolute Gasteiger partial charge is 0.289 e. The number of sulfonamides is 1. The Morgan fingerprint density at radius 1 is 1.43 bits per heavy atom. The molecule has 10 heteroatoms. The van der Waals surface area contributed by atoms with Gasteiger partial charge in [0.25, 0.3) is 5.69 Å². The first-order valence-corrected chi connectivity index (χ1v) is 8.22. The molecule has 0 heterocycles. The van der Waals surface area contributed by atoms with Gasteiger partial charge in [0, 0.05) is 23.1 Å². The molecule has 0 aliphatic rings. The van der Waals surface area contributed by atoms with E-state index in [4.69, 9.17) is 0 Å². The van der Waals surface area contributed by atoms with Crippen LogP contribution in [0.2, 0.25) is 0 Å². The quantitative estimate of drug-likeness (QED) is 0.537. The number of nitrogens with one attached hydrogen (secondary N) is 2. The molecule has 0 fully saturated rings. The lowest BCUT2D eigenvalue weighted by molar-refractivity contribution is -0.387. The number of halogens is 2. The van der Waals surface area contributed by atoms with Crippen molar-refractivity contribution in [2.45, 2.75) is 24.8 Å². The standard InChI is InChI=1S/C11H16BrN3O4S.ClH/c1-3-13-8(2)7-14-20(18,19)11-6-9(12)4-5-10(11)15(16)17;/h4-6,8,13-14H,3,7H2,1-2H3;1H/t8-;/m1./s1. The van der Waals surface area contributed by atoms with Gasteiger partial charge < -0.3 is 5.32 Å². The molecule has 120 valence electrons. The van der Waals surface area contributed by atoms with Gasteiger partial charge in [-0.05, 0) is 25.6 Å². The van der Waals surface area contributed by atoms with E-state index in [-0.39, 0.29) is 29.9 Å². The highest BCUT2D eigenvalue weighted by Gasteiger charge is 2.26. The molecule has 0 amide bonds. The zero-order chi connectivity index (χ0) is 15.3. The molecule has 0 bridgehead atoms. The predicted octanol–water partition coefficient (Wildman–Crippen LogP) is 2.06. The average Bonchev–Trinajstić information content (AvgIpc) is 2.36. The van der Waals surface area contributed by atoms with Crippen molar-refractivity contribution in [1.82, 2.24) is 10.0 Å². The van der Waals surface area contributed by atoms with E-state index in [1.54, 1.807) is 0 Å². The lowest BCUT2D eigenvalue weighted by Gasteiger charge is -2.13. The van der Waals surface area contributed by atoms with Gasteiger partial charge >= 0.3 is 0 Å². The summed E-state index contributed by atoms with van der Waals surface area (Å²) < 4.78 is 27.1. The Morgan fingerprint density at radius 2 is 2.05 bits per heavy atom. The summed E-state index contributed by atoms with van der Waals surface area (Å²) in [7, 11) is -3.93. The number of rotatable bonds is 7. The number of hydrogen-bond acceptors (Lipinski definition) is 5. The molecule has 0 aliphatic carbocycles. The van der Waals surface area contributed by atoms with Crippen molar-refractivity contribution >= 4 is 44.0 Å². The van der Waals surface area contributed by atoms with Gasteiger partial charge in [0.05, 0.1) is 4.92 Å². The third-order valence-electron chi connectivity index (χ3n) is 2.54. The highest BCUT2D eigenvalue weighted by atomic mass is 79.9. The molecule has 0 saturated heterocycles. The van der Waals surface area contributed by atoms with Crippen molar-refractivity contribution in [3.05, 3.63) is 32.8 Å². The van der Waals surface area contributed by atoms with Crippen molar-refractivity contribution in [3.8, 4) is 0 Å². The van der Waals surface area contributed by atoms with Crippen molar-refractivity contribution in [2.24, 2.45) is 0 Å². The molecule has 1 atom stereocenters. The van der Waals surface area contributed by atoms with Crippen LogP contribution in [0.3, 0.4) is 0 Å². The molecule has 21 heavy (non-hydrogen) atoms. The highest BCUT2D eigenvalue weighted by Crippen LogP contribution is 2.26. The fraction of sp³-hybridized carbons (Fsp3) is 0.455. The number of likely N-dealkylation sites (N-methyl/N-ethyl adjacent to an activating group) is 1. The topological polar surface area (TPSA) is 101 Å². The molecule has 7 nitrogen and oxygen atoms in total. The summed E-state index contributed by atoms with van der Waals surface area (Å²) in [5.41, 5.74) is -0.447. The van der Waals surface area contributed by atoms with Gasteiger partial charge in [0.15, 0.2) is 4.90 Å². The van der Waals surface area contributed by atoms with Crippen LogP contribution < -0.4 is 10.0 Å². The van der Waals surface area contributed by atoms with Gasteiger partial charge in [-0.15, -0.1) is 12.4 Å². The Morgan fingerprint density at radius 3 is 2.57 bits per heavy atom. The summed E-state index contributed by atoms with van der Waals surface area (Å²) in [6.45, 7) is 4.59. The third kappa shape index (κ3) is 5.87. The molecule has 1 aromatic rings. The second-order valence-electron chi connectivity index (χ2n) is 4.18. The summed E-state index contributed by atoms with van der Waals surface area (Å²) in [6.07, 6.45) is 0. The lowest BCUT2D eigenvalue weighted by atomic mass is 10.3.